The third kappa shape index (κ3) is 5.24. The van der Waals surface area contributed by atoms with Crippen LogP contribution < -0.4 is 5.32 Å². The molecule has 1 saturated carbocycles. The number of nitrogens with one attached hydrogen (secondary N) is 1. The van der Waals surface area contributed by atoms with E-state index >= 15 is 0 Å². The van der Waals surface area contributed by atoms with Crippen LogP contribution in [0, 0.1) is 5.92 Å². The molecular weight excluding hydrogens is 362 g/mol. The Morgan fingerprint density at radius 3 is 2.55 bits per heavy atom. The van der Waals surface area contributed by atoms with E-state index in [4.69, 9.17) is 0 Å². The average Bonchev–Trinajstić information content (AvgIpc) is 3.15. The molecule has 1 aromatic carbocycles. The van der Waals surface area contributed by atoms with E-state index in [9.17, 15) is 4.79 Å². The monoisotopic (exact) mass is 395 g/mol. The molecule has 0 spiro atoms. The smallest absolute Gasteiger partial charge is 0.220 e. The molecule has 1 atom stereocenters. The number of rotatable bonds is 8. The maximum absolute atomic E-state index is 12.5. The second-order valence-electron chi connectivity index (χ2n) is 8.68. The van der Waals surface area contributed by atoms with Gasteiger partial charge in [-0.05, 0) is 56.7 Å². The summed E-state index contributed by atoms with van der Waals surface area (Å²) in [6.45, 7) is 3.17. The number of hydrogen-bond acceptors (Lipinski definition) is 4. The molecule has 29 heavy (non-hydrogen) atoms. The maximum Gasteiger partial charge on any atom is 0.220 e. The van der Waals surface area contributed by atoms with Crippen LogP contribution in [0.3, 0.4) is 0 Å². The summed E-state index contributed by atoms with van der Waals surface area (Å²) in [5.41, 5.74) is 1.21. The lowest BCUT2D eigenvalue weighted by atomic mass is 9.83. The maximum atomic E-state index is 12.5. The topological polar surface area (TPSA) is 63.1 Å². The highest BCUT2D eigenvalue weighted by molar-refractivity contribution is 5.76. The predicted molar refractivity (Wildman–Crippen MR) is 113 cm³/mol. The van der Waals surface area contributed by atoms with Gasteiger partial charge in [0.05, 0.1) is 6.04 Å². The van der Waals surface area contributed by atoms with Crippen molar-refractivity contribution >= 4 is 5.91 Å². The number of aryl methyl sites for hydroxylation is 1. The molecule has 6 nitrogen and oxygen atoms in total. The first-order valence-electron chi connectivity index (χ1n) is 11.1. The lowest BCUT2D eigenvalue weighted by Gasteiger charge is -2.33. The summed E-state index contributed by atoms with van der Waals surface area (Å²) in [6.07, 6.45) is 9.24. The number of likely N-dealkylation sites (tertiary alicyclic amines) is 1. The highest BCUT2D eigenvalue weighted by Gasteiger charge is 2.26. The quantitative estimate of drug-likeness (QED) is 0.744. The number of carbonyl (C=O) groups excluding carboxylic acids is 1. The fourth-order valence-corrected chi connectivity index (χ4v) is 4.62. The minimum Gasteiger partial charge on any atom is -0.349 e. The molecule has 1 amide bonds. The van der Waals surface area contributed by atoms with Crippen LogP contribution in [-0.4, -0.2) is 45.2 Å². The molecule has 1 saturated heterocycles. The number of benzene rings is 1. The minimum absolute atomic E-state index is 0.0974. The van der Waals surface area contributed by atoms with Gasteiger partial charge in [-0.15, -0.1) is 0 Å². The molecule has 0 bridgehead atoms. The van der Waals surface area contributed by atoms with Crippen molar-refractivity contribution in [3.05, 3.63) is 48.0 Å². The highest BCUT2D eigenvalue weighted by atomic mass is 16.1. The second-order valence-corrected chi connectivity index (χ2v) is 8.68. The van der Waals surface area contributed by atoms with Gasteiger partial charge in [0.1, 0.15) is 12.2 Å². The third-order valence-corrected chi connectivity index (χ3v) is 6.67. The number of carbonyl (C=O) groups is 1. The lowest BCUT2D eigenvalue weighted by molar-refractivity contribution is -0.123. The number of piperidine rings is 1. The number of hydrogen-bond donors (Lipinski definition) is 1. The van der Waals surface area contributed by atoms with Crippen molar-refractivity contribution in [3.63, 3.8) is 0 Å². The lowest BCUT2D eigenvalue weighted by Crippen LogP contribution is -2.37. The molecule has 1 aliphatic carbocycles. The first-order valence-corrected chi connectivity index (χ1v) is 11.1. The third-order valence-electron chi connectivity index (χ3n) is 6.67. The number of amides is 1. The SMILES string of the molecule is Cn1ncnc1C1CCN(CCC(NC(=O)CC2CCC2)c2ccccc2)CC1. The summed E-state index contributed by atoms with van der Waals surface area (Å²) in [6, 6.07) is 10.5. The summed E-state index contributed by atoms with van der Waals surface area (Å²) in [4.78, 5) is 19.5. The van der Waals surface area contributed by atoms with Crippen molar-refractivity contribution in [3.8, 4) is 0 Å². The molecule has 2 aliphatic rings. The average molecular weight is 396 g/mol. The van der Waals surface area contributed by atoms with Gasteiger partial charge in [-0.1, -0.05) is 36.8 Å². The molecule has 6 heteroatoms. The second kappa shape index (κ2) is 9.53. The molecule has 2 aromatic rings. The molecule has 2 heterocycles. The molecule has 2 fully saturated rings. The van der Waals surface area contributed by atoms with E-state index in [1.807, 2.05) is 17.8 Å². The fourth-order valence-electron chi connectivity index (χ4n) is 4.62. The molecule has 156 valence electrons. The van der Waals surface area contributed by atoms with Gasteiger partial charge in [0.25, 0.3) is 0 Å². The van der Waals surface area contributed by atoms with E-state index in [1.165, 1.54) is 24.8 Å². The van der Waals surface area contributed by atoms with Crippen LogP contribution in [0.15, 0.2) is 36.7 Å². The zero-order valence-electron chi connectivity index (χ0n) is 17.5. The van der Waals surface area contributed by atoms with Crippen LogP contribution in [0.4, 0.5) is 0 Å². The standard InChI is InChI=1S/C23H33N5O/c1-27-23(24-17-25-27)20-10-13-28(14-11-20)15-12-21(19-8-3-2-4-9-19)26-22(29)16-18-6-5-7-18/h2-4,8-9,17-18,20-21H,5-7,10-16H2,1H3,(H,26,29). The van der Waals surface area contributed by atoms with Crippen molar-refractivity contribution in [2.75, 3.05) is 19.6 Å². The summed E-state index contributed by atoms with van der Waals surface area (Å²) in [7, 11) is 1.98. The molecule has 1 aromatic heterocycles. The van der Waals surface area contributed by atoms with Gasteiger partial charge in [0.15, 0.2) is 0 Å². The summed E-state index contributed by atoms with van der Waals surface area (Å²) >= 11 is 0. The molecular formula is C23H33N5O. The number of nitrogens with zero attached hydrogens (tertiary/aromatic N) is 4. The van der Waals surface area contributed by atoms with Crippen molar-refractivity contribution < 1.29 is 4.79 Å². The zero-order chi connectivity index (χ0) is 20.1. The predicted octanol–water partition coefficient (Wildman–Crippen LogP) is 3.43. The van der Waals surface area contributed by atoms with Crippen LogP contribution in [0.1, 0.15) is 68.3 Å². The van der Waals surface area contributed by atoms with E-state index in [2.05, 4.69) is 44.6 Å². The van der Waals surface area contributed by atoms with E-state index in [1.54, 1.807) is 6.33 Å². The van der Waals surface area contributed by atoms with Crippen LogP contribution >= 0.6 is 0 Å². The Kier molecular flexibility index (Phi) is 6.60. The number of aromatic nitrogens is 3. The molecule has 1 aliphatic heterocycles. The Labute approximate surface area is 173 Å². The Balaban J connectivity index is 1.29. The summed E-state index contributed by atoms with van der Waals surface area (Å²) in [5, 5.41) is 7.54. The van der Waals surface area contributed by atoms with Crippen LogP contribution in [0.25, 0.3) is 0 Å². The Morgan fingerprint density at radius 2 is 1.93 bits per heavy atom. The normalized spacial score (nSPS) is 19.6. The first kappa shape index (κ1) is 20.1. The Morgan fingerprint density at radius 1 is 1.17 bits per heavy atom. The van der Waals surface area contributed by atoms with Crippen molar-refractivity contribution in [1.82, 2.24) is 25.0 Å². The van der Waals surface area contributed by atoms with Gasteiger partial charge in [0.2, 0.25) is 5.91 Å². The van der Waals surface area contributed by atoms with Gasteiger partial charge >= 0.3 is 0 Å². The largest absolute Gasteiger partial charge is 0.349 e. The van der Waals surface area contributed by atoms with E-state index in [-0.39, 0.29) is 11.9 Å². The highest BCUT2D eigenvalue weighted by Crippen LogP contribution is 2.30. The van der Waals surface area contributed by atoms with Crippen molar-refractivity contribution in [1.29, 1.82) is 0 Å². The minimum atomic E-state index is 0.0974. The summed E-state index contributed by atoms with van der Waals surface area (Å²) < 4.78 is 1.91. The van der Waals surface area contributed by atoms with E-state index in [0.29, 0.717) is 18.3 Å². The van der Waals surface area contributed by atoms with Gasteiger partial charge < -0.3 is 10.2 Å². The van der Waals surface area contributed by atoms with Gasteiger partial charge in [-0.3, -0.25) is 9.48 Å². The molecule has 4 rings (SSSR count). The van der Waals surface area contributed by atoms with Gasteiger partial charge in [-0.2, -0.15) is 5.10 Å². The van der Waals surface area contributed by atoms with Crippen LogP contribution in [-0.2, 0) is 11.8 Å². The van der Waals surface area contributed by atoms with Gasteiger partial charge in [-0.25, -0.2) is 4.98 Å². The molecule has 1 unspecified atom stereocenters. The molecule has 0 radical (unpaired) electrons. The van der Waals surface area contributed by atoms with Crippen molar-refractivity contribution in [2.24, 2.45) is 13.0 Å². The van der Waals surface area contributed by atoms with Gasteiger partial charge in [0, 0.05) is 25.9 Å². The fraction of sp³-hybridized carbons (Fsp3) is 0.609. The molecule has 1 N–H and O–H groups in total. The Hall–Kier alpha value is -2.21. The van der Waals surface area contributed by atoms with Crippen LogP contribution in [0.2, 0.25) is 0 Å². The zero-order valence-corrected chi connectivity index (χ0v) is 17.5. The first-order chi connectivity index (χ1) is 14.2. The van der Waals surface area contributed by atoms with Crippen molar-refractivity contribution in [2.45, 2.75) is 56.9 Å². The van der Waals surface area contributed by atoms with Crippen LogP contribution in [0.5, 0.6) is 0 Å². The van der Waals surface area contributed by atoms with E-state index in [0.717, 1.165) is 44.7 Å². The van der Waals surface area contributed by atoms with E-state index < -0.39 is 0 Å². The Bertz CT molecular complexity index is 778. The summed E-state index contributed by atoms with van der Waals surface area (Å²) in [5.74, 6) is 2.43.